The van der Waals surface area contributed by atoms with Gasteiger partial charge in [0, 0.05) is 18.0 Å². The fourth-order valence-corrected chi connectivity index (χ4v) is 3.50. The van der Waals surface area contributed by atoms with E-state index in [1.807, 2.05) is 48.5 Å². The summed E-state index contributed by atoms with van der Waals surface area (Å²) in [6, 6.07) is 19.1. The molecule has 0 unspecified atom stereocenters. The van der Waals surface area contributed by atoms with E-state index in [-0.39, 0.29) is 5.91 Å². The molecule has 2 aromatic heterocycles. The molecule has 0 bridgehead atoms. The van der Waals surface area contributed by atoms with E-state index >= 15 is 0 Å². The molecule has 7 heteroatoms. The fourth-order valence-electron chi connectivity index (χ4n) is 3.50. The number of anilines is 1. The molecule has 0 radical (unpaired) electrons. The van der Waals surface area contributed by atoms with Crippen molar-refractivity contribution in [1.29, 1.82) is 0 Å². The lowest BCUT2D eigenvalue weighted by Crippen LogP contribution is -2.30. The molecule has 0 aliphatic rings. The van der Waals surface area contributed by atoms with Crippen molar-refractivity contribution in [3.05, 3.63) is 60.7 Å². The molecule has 30 heavy (non-hydrogen) atoms. The molecule has 0 aliphatic carbocycles. The smallest absolute Gasteiger partial charge is 0.266 e. The number of nitrogens with zero attached hydrogens (tertiary/aromatic N) is 2. The Morgan fingerprint density at radius 1 is 1.17 bits per heavy atom. The van der Waals surface area contributed by atoms with Crippen molar-refractivity contribution in [3.8, 4) is 22.9 Å². The van der Waals surface area contributed by atoms with Gasteiger partial charge in [-0.3, -0.25) is 9.89 Å². The van der Waals surface area contributed by atoms with E-state index in [0.29, 0.717) is 11.6 Å². The van der Waals surface area contributed by atoms with E-state index in [0.717, 1.165) is 34.6 Å². The Hall–Kier alpha value is -3.74. The molecule has 0 saturated carbocycles. The van der Waals surface area contributed by atoms with Crippen LogP contribution in [0.5, 0.6) is 11.5 Å². The van der Waals surface area contributed by atoms with Gasteiger partial charge < -0.3 is 19.4 Å². The Labute approximate surface area is 174 Å². The SMILES string of the molecule is CCn1c(-c2cc(NC(=O)[C@H](C)Oc3ccccc3)n[nH]2)cc2c(OC)cccc21. The van der Waals surface area contributed by atoms with E-state index < -0.39 is 6.10 Å². The summed E-state index contributed by atoms with van der Waals surface area (Å²) in [6.45, 7) is 4.58. The summed E-state index contributed by atoms with van der Waals surface area (Å²) in [7, 11) is 1.67. The van der Waals surface area contributed by atoms with Gasteiger partial charge in [-0.15, -0.1) is 0 Å². The summed E-state index contributed by atoms with van der Waals surface area (Å²) in [5, 5.41) is 11.1. The summed E-state index contributed by atoms with van der Waals surface area (Å²) in [5.41, 5.74) is 2.86. The number of rotatable bonds is 7. The van der Waals surface area contributed by atoms with Crippen molar-refractivity contribution in [3.63, 3.8) is 0 Å². The van der Waals surface area contributed by atoms with Crippen LogP contribution in [0.1, 0.15) is 13.8 Å². The molecule has 2 heterocycles. The molecule has 154 valence electrons. The predicted octanol–water partition coefficient (Wildman–Crippen LogP) is 4.47. The minimum Gasteiger partial charge on any atom is -0.496 e. The van der Waals surface area contributed by atoms with E-state index in [1.54, 1.807) is 14.0 Å². The number of H-pyrrole nitrogens is 1. The summed E-state index contributed by atoms with van der Waals surface area (Å²) in [4.78, 5) is 12.5. The number of hydrogen-bond donors (Lipinski definition) is 2. The number of methoxy groups -OCH3 is 1. The van der Waals surface area contributed by atoms with Crippen LogP contribution in [0.3, 0.4) is 0 Å². The van der Waals surface area contributed by atoms with Gasteiger partial charge in [-0.05, 0) is 44.2 Å². The van der Waals surface area contributed by atoms with Crippen LogP contribution in [-0.4, -0.2) is 33.9 Å². The zero-order valence-corrected chi connectivity index (χ0v) is 17.2. The number of nitrogens with one attached hydrogen (secondary N) is 2. The summed E-state index contributed by atoms with van der Waals surface area (Å²) in [6.07, 6.45) is -0.654. The van der Waals surface area contributed by atoms with E-state index in [1.165, 1.54) is 0 Å². The number of ether oxygens (including phenoxy) is 2. The van der Waals surface area contributed by atoms with Gasteiger partial charge in [0.15, 0.2) is 11.9 Å². The zero-order valence-electron chi connectivity index (χ0n) is 17.2. The fraction of sp³-hybridized carbons (Fsp3) is 0.217. The van der Waals surface area contributed by atoms with Crippen LogP contribution in [0.4, 0.5) is 5.82 Å². The van der Waals surface area contributed by atoms with Crippen molar-refractivity contribution in [2.75, 3.05) is 12.4 Å². The van der Waals surface area contributed by atoms with Crippen molar-refractivity contribution < 1.29 is 14.3 Å². The van der Waals surface area contributed by atoms with Gasteiger partial charge in [0.25, 0.3) is 5.91 Å². The van der Waals surface area contributed by atoms with Crippen LogP contribution < -0.4 is 14.8 Å². The molecule has 1 amide bonds. The minimum atomic E-state index is -0.654. The molecule has 4 rings (SSSR count). The van der Waals surface area contributed by atoms with E-state index in [4.69, 9.17) is 9.47 Å². The highest BCUT2D eigenvalue weighted by Crippen LogP contribution is 2.33. The molecular formula is C23H24N4O3. The first kappa shape index (κ1) is 19.6. The number of carbonyl (C=O) groups is 1. The van der Waals surface area contributed by atoms with Gasteiger partial charge >= 0.3 is 0 Å². The van der Waals surface area contributed by atoms with Crippen LogP contribution in [0.15, 0.2) is 60.7 Å². The van der Waals surface area contributed by atoms with Gasteiger partial charge in [0.2, 0.25) is 0 Å². The van der Waals surface area contributed by atoms with Gasteiger partial charge in [0.1, 0.15) is 11.5 Å². The third-order valence-electron chi connectivity index (χ3n) is 4.97. The molecule has 2 N–H and O–H groups in total. The van der Waals surface area contributed by atoms with Crippen molar-refractivity contribution in [2.24, 2.45) is 0 Å². The minimum absolute atomic E-state index is 0.269. The molecule has 7 nitrogen and oxygen atoms in total. The number of para-hydroxylation sites is 1. The maximum atomic E-state index is 12.5. The Kier molecular flexibility index (Phi) is 5.43. The molecule has 4 aromatic rings. The van der Waals surface area contributed by atoms with Crippen LogP contribution in [0.25, 0.3) is 22.3 Å². The lowest BCUT2D eigenvalue weighted by Gasteiger charge is -2.13. The van der Waals surface area contributed by atoms with E-state index in [2.05, 4.69) is 39.1 Å². The normalized spacial score (nSPS) is 12.0. The second-order valence-corrected chi connectivity index (χ2v) is 6.90. The first-order valence-corrected chi connectivity index (χ1v) is 9.85. The van der Waals surface area contributed by atoms with Crippen LogP contribution in [-0.2, 0) is 11.3 Å². The number of aryl methyl sites for hydroxylation is 1. The first-order chi connectivity index (χ1) is 14.6. The Bertz CT molecular complexity index is 1160. The Morgan fingerprint density at radius 2 is 1.97 bits per heavy atom. The second-order valence-electron chi connectivity index (χ2n) is 6.90. The molecule has 2 aromatic carbocycles. The third-order valence-corrected chi connectivity index (χ3v) is 4.97. The average Bonchev–Trinajstić information content (AvgIpc) is 3.38. The summed E-state index contributed by atoms with van der Waals surface area (Å²) >= 11 is 0. The van der Waals surface area contributed by atoms with Gasteiger partial charge in [0.05, 0.1) is 24.0 Å². The number of benzene rings is 2. The maximum Gasteiger partial charge on any atom is 0.266 e. The molecule has 0 spiro atoms. The van der Waals surface area contributed by atoms with Crippen molar-refractivity contribution >= 4 is 22.6 Å². The summed E-state index contributed by atoms with van der Waals surface area (Å²) < 4.78 is 13.4. The number of hydrogen-bond acceptors (Lipinski definition) is 4. The predicted molar refractivity (Wildman–Crippen MR) is 117 cm³/mol. The first-order valence-electron chi connectivity index (χ1n) is 9.85. The Morgan fingerprint density at radius 3 is 2.70 bits per heavy atom. The van der Waals surface area contributed by atoms with Crippen molar-refractivity contribution in [2.45, 2.75) is 26.5 Å². The van der Waals surface area contributed by atoms with Gasteiger partial charge in [-0.2, -0.15) is 5.10 Å². The highest BCUT2D eigenvalue weighted by molar-refractivity contribution is 5.94. The summed E-state index contributed by atoms with van der Waals surface area (Å²) in [5.74, 6) is 1.64. The van der Waals surface area contributed by atoms with Crippen LogP contribution in [0.2, 0.25) is 0 Å². The van der Waals surface area contributed by atoms with Gasteiger partial charge in [-0.1, -0.05) is 24.3 Å². The standard InChI is InChI=1S/C23H24N4O3/c1-4-27-19-11-8-12-21(29-3)17(19)13-20(27)18-14-22(26-25-18)24-23(28)15(2)30-16-9-6-5-7-10-16/h5-15H,4H2,1-3H3,(H2,24,25,26,28)/t15-/m0/s1. The zero-order chi connectivity index (χ0) is 21.1. The average molecular weight is 404 g/mol. The highest BCUT2D eigenvalue weighted by atomic mass is 16.5. The topological polar surface area (TPSA) is 81.2 Å². The second kappa shape index (κ2) is 8.32. The number of aromatic amines is 1. The number of carbonyl (C=O) groups excluding carboxylic acids is 1. The third kappa shape index (κ3) is 3.74. The van der Waals surface area contributed by atoms with Crippen LogP contribution in [0, 0.1) is 0 Å². The number of aromatic nitrogens is 3. The largest absolute Gasteiger partial charge is 0.496 e. The molecule has 0 fully saturated rings. The van der Waals surface area contributed by atoms with Crippen molar-refractivity contribution in [1.82, 2.24) is 14.8 Å². The lowest BCUT2D eigenvalue weighted by atomic mass is 10.2. The Balaban J connectivity index is 1.55. The number of fused-ring (bicyclic) bond motifs is 1. The quantitative estimate of drug-likeness (QED) is 0.476. The van der Waals surface area contributed by atoms with E-state index in [9.17, 15) is 4.79 Å². The molecule has 0 aliphatic heterocycles. The lowest BCUT2D eigenvalue weighted by molar-refractivity contribution is -0.122. The maximum absolute atomic E-state index is 12.5. The molecular weight excluding hydrogens is 380 g/mol. The van der Waals surface area contributed by atoms with Gasteiger partial charge in [-0.25, -0.2) is 0 Å². The monoisotopic (exact) mass is 404 g/mol. The molecule has 1 atom stereocenters. The van der Waals surface area contributed by atoms with Crippen LogP contribution >= 0.6 is 0 Å². The highest BCUT2D eigenvalue weighted by Gasteiger charge is 2.18. The molecule has 0 saturated heterocycles. The number of amides is 1.